The normalized spacial score (nSPS) is 19.4. The number of fused-ring (bicyclic) bond motifs is 2. The van der Waals surface area contributed by atoms with E-state index in [1.165, 1.54) is 0 Å². The molecule has 0 radical (unpaired) electrons. The Bertz CT molecular complexity index is 1180. The Morgan fingerprint density at radius 1 is 1.27 bits per heavy atom. The van der Waals surface area contributed by atoms with Gasteiger partial charge in [-0.2, -0.15) is 0 Å². The Morgan fingerprint density at radius 2 is 2.07 bits per heavy atom. The topological polar surface area (TPSA) is 101 Å². The maximum Gasteiger partial charge on any atom is 0.216 e. The fraction of sp³-hybridized carbons (Fsp3) is 0.348. The summed E-state index contributed by atoms with van der Waals surface area (Å²) in [6.45, 7) is 2.34. The van der Waals surface area contributed by atoms with Crippen molar-refractivity contribution in [2.45, 2.75) is 38.5 Å². The number of nitrogen functional groups attached to an aromatic ring is 1. The third-order valence-corrected chi connectivity index (χ3v) is 6.25. The number of nitrogens with zero attached hydrogens (tertiary/aromatic N) is 3. The minimum Gasteiger partial charge on any atom is -0.382 e. The second-order valence-corrected chi connectivity index (χ2v) is 8.27. The number of nitrogens with two attached hydrogens (primary N) is 1. The molecule has 4 N–H and O–H groups in total. The van der Waals surface area contributed by atoms with E-state index in [9.17, 15) is 4.79 Å². The average molecular weight is 403 g/mol. The molecule has 30 heavy (non-hydrogen) atoms. The van der Waals surface area contributed by atoms with Gasteiger partial charge < -0.3 is 16.0 Å². The number of hydrogen-bond donors (Lipinski definition) is 3. The van der Waals surface area contributed by atoms with Gasteiger partial charge in [-0.1, -0.05) is 18.2 Å². The zero-order chi connectivity index (χ0) is 20.7. The van der Waals surface area contributed by atoms with Gasteiger partial charge in [0.05, 0.1) is 5.69 Å². The minimum absolute atomic E-state index is 0.0438. The molecule has 1 saturated carbocycles. The molecular formula is C23H26N6O. The van der Waals surface area contributed by atoms with Gasteiger partial charge in [0, 0.05) is 42.7 Å². The first-order valence-corrected chi connectivity index (χ1v) is 10.5. The van der Waals surface area contributed by atoms with Crippen molar-refractivity contribution in [2.75, 3.05) is 12.3 Å². The van der Waals surface area contributed by atoms with Gasteiger partial charge >= 0.3 is 0 Å². The van der Waals surface area contributed by atoms with Crippen LogP contribution in [0.1, 0.15) is 44.3 Å². The number of rotatable bonds is 4. The average Bonchev–Trinajstić information content (AvgIpc) is 3.35. The second kappa shape index (κ2) is 7.48. The van der Waals surface area contributed by atoms with E-state index in [2.05, 4.69) is 37.9 Å². The van der Waals surface area contributed by atoms with Gasteiger partial charge in [0.1, 0.15) is 22.9 Å². The van der Waals surface area contributed by atoms with Gasteiger partial charge in [0.2, 0.25) is 5.91 Å². The summed E-state index contributed by atoms with van der Waals surface area (Å²) in [5.41, 5.74) is 10.0. The predicted octanol–water partition coefficient (Wildman–Crippen LogP) is 3.87. The Kier molecular flexibility index (Phi) is 4.65. The van der Waals surface area contributed by atoms with E-state index >= 15 is 0 Å². The van der Waals surface area contributed by atoms with Crippen molar-refractivity contribution in [2.24, 2.45) is 5.92 Å². The number of para-hydroxylation sites is 1. The molecule has 0 spiro atoms. The Labute approximate surface area is 174 Å². The van der Waals surface area contributed by atoms with E-state index < -0.39 is 0 Å². The Morgan fingerprint density at radius 3 is 2.83 bits per heavy atom. The second-order valence-electron chi connectivity index (χ2n) is 8.27. The fourth-order valence-electron chi connectivity index (χ4n) is 4.68. The van der Waals surface area contributed by atoms with E-state index in [0.29, 0.717) is 17.7 Å². The van der Waals surface area contributed by atoms with E-state index in [0.717, 1.165) is 65.9 Å². The number of imidazole rings is 1. The molecule has 0 unspecified atom stereocenters. The van der Waals surface area contributed by atoms with Crippen LogP contribution in [0.15, 0.2) is 42.7 Å². The third-order valence-electron chi connectivity index (χ3n) is 6.25. The van der Waals surface area contributed by atoms with Crippen LogP contribution in [0.3, 0.4) is 0 Å². The summed E-state index contributed by atoms with van der Waals surface area (Å²) in [5, 5.41) is 4.11. The molecule has 1 amide bonds. The zero-order valence-corrected chi connectivity index (χ0v) is 17.1. The minimum atomic E-state index is 0.0438. The number of hydrogen-bond acceptors (Lipinski definition) is 4. The fourth-order valence-corrected chi connectivity index (χ4v) is 4.68. The largest absolute Gasteiger partial charge is 0.382 e. The number of nitrogens with one attached hydrogen (secondary N) is 2. The van der Waals surface area contributed by atoms with Crippen molar-refractivity contribution in [1.29, 1.82) is 0 Å². The molecular weight excluding hydrogens is 376 g/mol. The van der Waals surface area contributed by atoms with Gasteiger partial charge in [-0.05, 0) is 43.7 Å². The summed E-state index contributed by atoms with van der Waals surface area (Å²) < 4.78 is 2.11. The van der Waals surface area contributed by atoms with Crippen LogP contribution in [0, 0.1) is 5.92 Å². The van der Waals surface area contributed by atoms with Gasteiger partial charge in [-0.15, -0.1) is 0 Å². The van der Waals surface area contributed by atoms with Crippen LogP contribution in [0.4, 0.5) is 5.82 Å². The van der Waals surface area contributed by atoms with Crippen molar-refractivity contribution in [3.8, 4) is 11.4 Å². The van der Waals surface area contributed by atoms with Crippen LogP contribution in [0.25, 0.3) is 27.8 Å². The summed E-state index contributed by atoms with van der Waals surface area (Å²) in [6.07, 6.45) is 7.98. The highest BCUT2D eigenvalue weighted by Crippen LogP contribution is 2.38. The standard InChI is InChI=1S/C23H26N6O/c1-14(30)26-13-15-6-8-16(9-7-15)23-28-20(21-22(24)25-10-11-29(21)23)19-12-17-4-2-3-5-18(17)27-19/h2-5,10-12,15-16,27H,6-9,13H2,1H3,(H2,24,25)(H,26,30). The molecule has 4 aromatic rings. The van der Waals surface area contributed by atoms with Crippen molar-refractivity contribution in [3.63, 3.8) is 0 Å². The number of aromatic amines is 1. The molecule has 1 aliphatic rings. The summed E-state index contributed by atoms with van der Waals surface area (Å²) >= 11 is 0. The smallest absolute Gasteiger partial charge is 0.216 e. The van der Waals surface area contributed by atoms with Crippen LogP contribution < -0.4 is 11.1 Å². The number of carbonyl (C=O) groups is 1. The molecule has 1 aliphatic carbocycles. The summed E-state index contributed by atoms with van der Waals surface area (Å²) in [7, 11) is 0. The van der Waals surface area contributed by atoms with Crippen LogP contribution in [-0.4, -0.2) is 31.8 Å². The number of H-pyrrole nitrogens is 1. The molecule has 0 saturated heterocycles. The van der Waals surface area contributed by atoms with E-state index in [1.807, 2.05) is 18.3 Å². The molecule has 7 heteroatoms. The Hall–Kier alpha value is -3.35. The number of carbonyl (C=O) groups excluding carboxylic acids is 1. The molecule has 0 bridgehead atoms. The lowest BCUT2D eigenvalue weighted by Crippen LogP contribution is -2.29. The molecule has 154 valence electrons. The predicted molar refractivity (Wildman–Crippen MR) is 118 cm³/mol. The highest BCUT2D eigenvalue weighted by atomic mass is 16.1. The van der Waals surface area contributed by atoms with Crippen LogP contribution in [0.2, 0.25) is 0 Å². The SMILES string of the molecule is CC(=O)NCC1CCC(c2nc(-c3cc4ccccc4[nH]3)c3c(N)nccn23)CC1. The Balaban J connectivity index is 1.50. The molecule has 0 atom stereocenters. The van der Waals surface area contributed by atoms with Crippen LogP contribution >= 0.6 is 0 Å². The molecule has 1 aromatic carbocycles. The van der Waals surface area contributed by atoms with E-state index in [4.69, 9.17) is 10.7 Å². The van der Waals surface area contributed by atoms with E-state index in [-0.39, 0.29) is 5.91 Å². The molecule has 3 heterocycles. The summed E-state index contributed by atoms with van der Waals surface area (Å²) in [6, 6.07) is 10.3. The molecule has 7 nitrogen and oxygen atoms in total. The maximum atomic E-state index is 11.2. The number of anilines is 1. The lowest BCUT2D eigenvalue weighted by atomic mass is 9.81. The molecule has 5 rings (SSSR count). The quantitative estimate of drug-likeness (QED) is 0.482. The van der Waals surface area contributed by atoms with Gasteiger partial charge in [-0.25, -0.2) is 9.97 Å². The first-order valence-electron chi connectivity index (χ1n) is 10.5. The molecule has 1 fully saturated rings. The molecule has 3 aromatic heterocycles. The lowest BCUT2D eigenvalue weighted by molar-refractivity contribution is -0.119. The van der Waals surface area contributed by atoms with Crippen molar-refractivity contribution < 1.29 is 4.79 Å². The van der Waals surface area contributed by atoms with Crippen molar-refractivity contribution >= 4 is 28.1 Å². The van der Waals surface area contributed by atoms with Crippen molar-refractivity contribution in [3.05, 3.63) is 48.5 Å². The van der Waals surface area contributed by atoms with Crippen LogP contribution in [-0.2, 0) is 4.79 Å². The highest BCUT2D eigenvalue weighted by Gasteiger charge is 2.28. The summed E-state index contributed by atoms with van der Waals surface area (Å²) in [4.78, 5) is 24.1. The first kappa shape index (κ1) is 18.7. The van der Waals surface area contributed by atoms with Gasteiger partial charge in [0.15, 0.2) is 0 Å². The molecule has 0 aliphatic heterocycles. The maximum absolute atomic E-state index is 11.2. The number of amides is 1. The highest BCUT2D eigenvalue weighted by molar-refractivity contribution is 5.91. The van der Waals surface area contributed by atoms with Gasteiger partial charge in [0.25, 0.3) is 0 Å². The zero-order valence-electron chi connectivity index (χ0n) is 17.1. The van der Waals surface area contributed by atoms with Gasteiger partial charge in [-0.3, -0.25) is 9.20 Å². The number of aromatic nitrogens is 4. The monoisotopic (exact) mass is 402 g/mol. The lowest BCUT2D eigenvalue weighted by Gasteiger charge is -2.27. The van der Waals surface area contributed by atoms with Crippen molar-refractivity contribution in [1.82, 2.24) is 24.7 Å². The number of benzene rings is 1. The summed E-state index contributed by atoms with van der Waals surface area (Å²) in [5.74, 6) is 2.49. The van der Waals surface area contributed by atoms with E-state index in [1.54, 1.807) is 13.1 Å². The first-order chi connectivity index (χ1) is 14.6. The van der Waals surface area contributed by atoms with Crippen LogP contribution in [0.5, 0.6) is 0 Å². The third kappa shape index (κ3) is 3.30.